The lowest BCUT2D eigenvalue weighted by atomic mass is 9.85. The zero-order valence-electron chi connectivity index (χ0n) is 19.6. The van der Waals surface area contributed by atoms with Crippen molar-refractivity contribution in [2.24, 2.45) is 11.8 Å². The van der Waals surface area contributed by atoms with Crippen LogP contribution in [0.4, 0.5) is 0 Å². The van der Waals surface area contributed by atoms with Crippen LogP contribution in [0.25, 0.3) is 0 Å². The Hall–Kier alpha value is -2.66. The number of aliphatic hydroxyl groups is 1. The first-order valence-electron chi connectivity index (χ1n) is 12.2. The summed E-state index contributed by atoms with van der Waals surface area (Å²) in [6.07, 6.45) is 6.33. The van der Waals surface area contributed by atoms with Crippen LogP contribution in [0.2, 0.25) is 0 Å². The fraction of sp³-hybridized carbons (Fsp3) is 0.500. The van der Waals surface area contributed by atoms with Crippen molar-refractivity contribution in [2.45, 2.75) is 70.3 Å². The molecule has 1 aliphatic carbocycles. The van der Waals surface area contributed by atoms with E-state index in [2.05, 4.69) is 12.2 Å². The molecule has 0 radical (unpaired) electrons. The highest BCUT2D eigenvalue weighted by molar-refractivity contribution is 5.81. The van der Waals surface area contributed by atoms with E-state index in [0.717, 1.165) is 36.0 Å². The fourth-order valence-corrected chi connectivity index (χ4v) is 4.97. The zero-order chi connectivity index (χ0) is 23.7. The van der Waals surface area contributed by atoms with Gasteiger partial charge in [0.2, 0.25) is 5.91 Å². The van der Waals surface area contributed by atoms with Crippen LogP contribution in [0.3, 0.4) is 0 Å². The molecule has 1 aliphatic rings. The molecule has 1 amide bonds. The van der Waals surface area contributed by atoms with Gasteiger partial charge in [0.1, 0.15) is 0 Å². The van der Waals surface area contributed by atoms with Gasteiger partial charge in [-0.3, -0.25) is 9.59 Å². The van der Waals surface area contributed by atoms with Crippen molar-refractivity contribution in [1.29, 1.82) is 0 Å². The number of nitrogens with one attached hydrogen (secondary N) is 1. The summed E-state index contributed by atoms with van der Waals surface area (Å²) in [4.78, 5) is 25.5. The molecule has 178 valence electrons. The molecule has 0 aromatic heterocycles. The lowest BCUT2D eigenvalue weighted by molar-refractivity contribution is -0.143. The van der Waals surface area contributed by atoms with Crippen molar-refractivity contribution in [3.63, 3.8) is 0 Å². The molecule has 0 saturated carbocycles. The highest BCUT2D eigenvalue weighted by Crippen LogP contribution is 2.31. The summed E-state index contributed by atoms with van der Waals surface area (Å²) in [5, 5.41) is 23.2. The van der Waals surface area contributed by atoms with Crippen LogP contribution < -0.4 is 5.32 Å². The third-order valence-corrected chi connectivity index (χ3v) is 6.94. The number of aliphatic carboxylic acids is 1. The largest absolute Gasteiger partial charge is 0.481 e. The Labute approximate surface area is 197 Å². The molecule has 0 saturated heterocycles. The lowest BCUT2D eigenvalue weighted by Crippen LogP contribution is -2.54. The first-order valence-corrected chi connectivity index (χ1v) is 12.2. The predicted molar refractivity (Wildman–Crippen MR) is 130 cm³/mol. The Morgan fingerprint density at radius 3 is 2.15 bits per heavy atom. The van der Waals surface area contributed by atoms with Crippen molar-refractivity contribution in [3.05, 3.63) is 71.3 Å². The highest BCUT2D eigenvalue weighted by Gasteiger charge is 2.39. The van der Waals surface area contributed by atoms with Gasteiger partial charge >= 0.3 is 5.97 Å². The molecule has 0 aliphatic heterocycles. The average molecular weight is 452 g/mol. The number of benzene rings is 2. The lowest BCUT2D eigenvalue weighted by Gasteiger charge is -2.31. The number of unbranched alkanes of at least 4 members (excludes halogenated alkanes) is 2. The number of aliphatic hydroxyl groups excluding tert-OH is 1. The normalized spacial score (nSPS) is 16.1. The maximum absolute atomic E-state index is 13.4. The fourth-order valence-electron chi connectivity index (χ4n) is 4.97. The smallest absolute Gasteiger partial charge is 0.306 e. The van der Waals surface area contributed by atoms with Gasteiger partial charge in [0.25, 0.3) is 0 Å². The van der Waals surface area contributed by atoms with Gasteiger partial charge in [-0.2, -0.15) is 0 Å². The van der Waals surface area contributed by atoms with E-state index in [-0.39, 0.29) is 18.4 Å². The SMILES string of the molecule is CCCCCC(CC(CCc1ccccc1)C(=O)O)C(=O)NC1(CO)Cc2ccccc2C1. The summed E-state index contributed by atoms with van der Waals surface area (Å²) >= 11 is 0. The summed E-state index contributed by atoms with van der Waals surface area (Å²) < 4.78 is 0. The molecule has 2 aromatic rings. The van der Waals surface area contributed by atoms with Gasteiger partial charge in [-0.05, 0) is 55.2 Å². The van der Waals surface area contributed by atoms with E-state index < -0.39 is 17.4 Å². The molecule has 2 atom stereocenters. The number of carboxylic acids is 1. The number of carbonyl (C=O) groups is 2. The van der Waals surface area contributed by atoms with Gasteiger partial charge in [0.15, 0.2) is 0 Å². The second-order valence-corrected chi connectivity index (χ2v) is 9.54. The van der Waals surface area contributed by atoms with Crippen molar-refractivity contribution in [3.8, 4) is 0 Å². The molecular weight excluding hydrogens is 414 g/mol. The van der Waals surface area contributed by atoms with E-state index in [0.29, 0.717) is 38.5 Å². The molecule has 3 N–H and O–H groups in total. The molecule has 0 spiro atoms. The van der Waals surface area contributed by atoms with Gasteiger partial charge in [0.05, 0.1) is 18.1 Å². The van der Waals surface area contributed by atoms with Gasteiger partial charge in [-0.25, -0.2) is 0 Å². The van der Waals surface area contributed by atoms with Crippen LogP contribution in [0, 0.1) is 11.8 Å². The molecule has 5 nitrogen and oxygen atoms in total. The molecular formula is C28H37NO4. The Balaban J connectivity index is 1.69. The van der Waals surface area contributed by atoms with Gasteiger partial charge in [0, 0.05) is 5.92 Å². The number of carboxylic acid groups (broad SMARTS) is 1. The number of amides is 1. The topological polar surface area (TPSA) is 86.6 Å². The van der Waals surface area contributed by atoms with Crippen molar-refractivity contribution >= 4 is 11.9 Å². The Bertz CT molecular complexity index is 886. The monoisotopic (exact) mass is 451 g/mol. The van der Waals surface area contributed by atoms with E-state index in [1.807, 2.05) is 54.6 Å². The molecule has 0 fully saturated rings. The second-order valence-electron chi connectivity index (χ2n) is 9.54. The molecule has 5 heteroatoms. The molecule has 0 heterocycles. The quantitative estimate of drug-likeness (QED) is 0.390. The molecule has 33 heavy (non-hydrogen) atoms. The number of hydrogen-bond donors (Lipinski definition) is 3. The minimum absolute atomic E-state index is 0.126. The first kappa shape index (κ1) is 25.0. The minimum atomic E-state index is -0.843. The van der Waals surface area contributed by atoms with E-state index in [1.165, 1.54) is 0 Å². The Morgan fingerprint density at radius 1 is 0.939 bits per heavy atom. The van der Waals surface area contributed by atoms with Crippen LogP contribution in [0.15, 0.2) is 54.6 Å². The predicted octanol–water partition coefficient (Wildman–Crippen LogP) is 4.55. The number of rotatable bonds is 13. The molecule has 2 unspecified atom stereocenters. The third kappa shape index (κ3) is 6.91. The summed E-state index contributed by atoms with van der Waals surface area (Å²) in [7, 11) is 0. The number of carbonyl (C=O) groups excluding carboxylic acids is 1. The van der Waals surface area contributed by atoms with E-state index in [1.54, 1.807) is 0 Å². The van der Waals surface area contributed by atoms with Crippen LogP contribution in [0.1, 0.15) is 62.1 Å². The Kier molecular flexibility index (Phi) is 9.07. The van der Waals surface area contributed by atoms with Crippen LogP contribution in [-0.2, 0) is 28.9 Å². The van der Waals surface area contributed by atoms with Gasteiger partial charge < -0.3 is 15.5 Å². The number of aryl methyl sites for hydroxylation is 1. The first-order chi connectivity index (χ1) is 16.0. The number of hydrogen-bond acceptors (Lipinski definition) is 3. The Morgan fingerprint density at radius 2 is 1.58 bits per heavy atom. The molecule has 3 rings (SSSR count). The summed E-state index contributed by atoms with van der Waals surface area (Å²) in [6.45, 7) is 1.98. The van der Waals surface area contributed by atoms with Crippen LogP contribution in [0.5, 0.6) is 0 Å². The molecule has 0 bridgehead atoms. The van der Waals surface area contributed by atoms with Crippen LogP contribution in [-0.4, -0.2) is 34.2 Å². The average Bonchev–Trinajstić information content (AvgIpc) is 3.19. The maximum Gasteiger partial charge on any atom is 0.306 e. The van der Waals surface area contributed by atoms with E-state index >= 15 is 0 Å². The highest BCUT2D eigenvalue weighted by atomic mass is 16.4. The summed E-state index contributed by atoms with van der Waals surface area (Å²) in [5.41, 5.74) is 2.71. The van der Waals surface area contributed by atoms with Gasteiger partial charge in [-0.1, -0.05) is 80.8 Å². The minimum Gasteiger partial charge on any atom is -0.481 e. The maximum atomic E-state index is 13.4. The summed E-state index contributed by atoms with van der Waals surface area (Å²) in [6, 6.07) is 17.9. The van der Waals surface area contributed by atoms with Crippen LogP contribution >= 0.6 is 0 Å². The second kappa shape index (κ2) is 12.0. The standard InChI is InChI=1S/C28H37NO4/c1-2-3-5-12-22(17-23(27(32)33)16-15-21-10-6-4-7-11-21)26(31)29-28(20-30)18-24-13-8-9-14-25(24)19-28/h4,6-11,13-14,22-23,30H,2-3,5,12,15-20H2,1H3,(H,29,31)(H,32,33). The zero-order valence-corrected chi connectivity index (χ0v) is 19.6. The molecule has 2 aromatic carbocycles. The third-order valence-electron chi connectivity index (χ3n) is 6.94. The van der Waals surface area contributed by atoms with Crippen molar-refractivity contribution in [1.82, 2.24) is 5.32 Å². The van der Waals surface area contributed by atoms with Crippen molar-refractivity contribution in [2.75, 3.05) is 6.61 Å². The number of fused-ring (bicyclic) bond motifs is 1. The summed E-state index contributed by atoms with van der Waals surface area (Å²) in [5.74, 6) is -1.92. The van der Waals surface area contributed by atoms with Gasteiger partial charge in [-0.15, -0.1) is 0 Å². The van der Waals surface area contributed by atoms with E-state index in [4.69, 9.17) is 0 Å². The van der Waals surface area contributed by atoms with E-state index in [9.17, 15) is 19.8 Å². The van der Waals surface area contributed by atoms with Crippen molar-refractivity contribution < 1.29 is 19.8 Å².